The van der Waals surface area contributed by atoms with Crippen LogP contribution >= 0.6 is 0 Å². The molecule has 1 aromatic rings. The van der Waals surface area contributed by atoms with Crippen LogP contribution in [-0.2, 0) is 9.47 Å². The third kappa shape index (κ3) is 4.83. The lowest BCUT2D eigenvalue weighted by Gasteiger charge is -2.42. The maximum absolute atomic E-state index is 15.0. The van der Waals surface area contributed by atoms with Gasteiger partial charge in [-0.1, -0.05) is 6.58 Å². The maximum Gasteiger partial charge on any atom is 0.170 e. The molecule has 4 rings (SSSR count). The number of anilines is 1. The highest BCUT2D eigenvalue weighted by molar-refractivity contribution is 5.57. The molecule has 6 nitrogen and oxygen atoms in total. The van der Waals surface area contributed by atoms with Crippen LogP contribution < -0.4 is 21.1 Å². The Labute approximate surface area is 184 Å². The molecule has 31 heavy (non-hydrogen) atoms. The lowest BCUT2D eigenvalue weighted by molar-refractivity contribution is 0.0336. The highest BCUT2D eigenvalue weighted by Gasteiger charge is 2.43. The number of piperidine rings is 1. The summed E-state index contributed by atoms with van der Waals surface area (Å²) in [6, 6.07) is 3.74. The van der Waals surface area contributed by atoms with Crippen LogP contribution in [0.25, 0.3) is 0 Å². The summed E-state index contributed by atoms with van der Waals surface area (Å²) in [4.78, 5) is 0. The number of ether oxygens (including phenoxy) is 3. The van der Waals surface area contributed by atoms with E-state index in [1.165, 1.54) is 0 Å². The number of allylic oxidation sites excluding steroid dienone is 2. The Morgan fingerprint density at radius 2 is 2.10 bits per heavy atom. The van der Waals surface area contributed by atoms with Gasteiger partial charge >= 0.3 is 0 Å². The van der Waals surface area contributed by atoms with Gasteiger partial charge in [0, 0.05) is 41.7 Å². The highest BCUT2D eigenvalue weighted by atomic mass is 19.1. The van der Waals surface area contributed by atoms with Gasteiger partial charge in [0.25, 0.3) is 0 Å². The van der Waals surface area contributed by atoms with E-state index in [2.05, 4.69) is 17.2 Å². The van der Waals surface area contributed by atoms with Crippen molar-refractivity contribution in [1.82, 2.24) is 5.32 Å². The normalized spacial score (nSPS) is 26.7. The Hall–Kier alpha value is -2.25. The van der Waals surface area contributed by atoms with Crippen molar-refractivity contribution in [3.05, 3.63) is 47.3 Å². The summed E-state index contributed by atoms with van der Waals surface area (Å²) < 4.78 is 33.0. The number of halogens is 1. The first-order valence-electron chi connectivity index (χ1n) is 11.1. The molecule has 0 bridgehead atoms. The summed E-state index contributed by atoms with van der Waals surface area (Å²) in [6.07, 6.45) is 4.15. The average molecular weight is 432 g/mol. The molecule has 1 aromatic carbocycles. The van der Waals surface area contributed by atoms with Crippen LogP contribution in [0.3, 0.4) is 0 Å². The fraction of sp³-hybridized carbons (Fsp3) is 0.583. The van der Waals surface area contributed by atoms with E-state index in [0.717, 1.165) is 49.4 Å². The second kappa shape index (κ2) is 8.71. The lowest BCUT2D eigenvalue weighted by Crippen LogP contribution is -2.52. The molecule has 0 radical (unpaired) electrons. The van der Waals surface area contributed by atoms with Crippen LogP contribution in [0.2, 0.25) is 0 Å². The number of rotatable bonds is 8. The van der Waals surface area contributed by atoms with Gasteiger partial charge in [0.1, 0.15) is 24.2 Å². The van der Waals surface area contributed by atoms with Crippen molar-refractivity contribution in [2.75, 3.05) is 25.6 Å². The molecule has 0 aromatic heterocycles. The average Bonchev–Trinajstić information content (AvgIpc) is 3.48. The Balaban J connectivity index is 1.48. The SMILES string of the molecule is C=C(C)Nc1ccc(O[C@H]2CCN[C@H]3CC(OCC4(N)CC4)=C(OC)C[C@H]32)c(F)c1C. The van der Waals surface area contributed by atoms with Crippen LogP contribution in [0.4, 0.5) is 10.1 Å². The van der Waals surface area contributed by atoms with E-state index in [-0.39, 0.29) is 29.4 Å². The second-order valence-electron chi connectivity index (χ2n) is 9.23. The molecule has 1 saturated carbocycles. The van der Waals surface area contributed by atoms with Crippen molar-refractivity contribution >= 4 is 5.69 Å². The fourth-order valence-corrected chi connectivity index (χ4v) is 4.47. The molecule has 0 unspecified atom stereocenters. The molecule has 3 atom stereocenters. The Morgan fingerprint density at radius 3 is 2.77 bits per heavy atom. The van der Waals surface area contributed by atoms with Gasteiger partial charge < -0.3 is 30.6 Å². The first-order valence-corrected chi connectivity index (χ1v) is 11.1. The molecule has 170 valence electrons. The van der Waals surface area contributed by atoms with Gasteiger partial charge in [-0.25, -0.2) is 4.39 Å². The van der Waals surface area contributed by atoms with E-state index in [0.29, 0.717) is 30.0 Å². The number of fused-ring (bicyclic) bond motifs is 1. The van der Waals surface area contributed by atoms with E-state index < -0.39 is 0 Å². The summed E-state index contributed by atoms with van der Waals surface area (Å²) in [5.74, 6) is 1.86. The molecule has 2 aliphatic carbocycles. The second-order valence-corrected chi connectivity index (χ2v) is 9.23. The highest BCUT2D eigenvalue weighted by Crippen LogP contribution is 2.40. The Morgan fingerprint density at radius 1 is 1.32 bits per heavy atom. The minimum Gasteiger partial charge on any atom is -0.498 e. The molecule has 4 N–H and O–H groups in total. The number of hydrogen-bond acceptors (Lipinski definition) is 6. The molecular weight excluding hydrogens is 397 g/mol. The summed E-state index contributed by atoms with van der Waals surface area (Å²) in [7, 11) is 1.68. The van der Waals surface area contributed by atoms with Gasteiger partial charge in [0.15, 0.2) is 11.6 Å². The predicted molar refractivity (Wildman–Crippen MR) is 119 cm³/mol. The van der Waals surface area contributed by atoms with Crippen LogP contribution in [0.5, 0.6) is 5.75 Å². The number of hydrogen-bond donors (Lipinski definition) is 3. The topological polar surface area (TPSA) is 77.8 Å². The monoisotopic (exact) mass is 431 g/mol. The number of nitrogens with one attached hydrogen (secondary N) is 2. The third-order valence-electron chi connectivity index (χ3n) is 6.62. The Kier molecular flexibility index (Phi) is 6.17. The van der Waals surface area contributed by atoms with Crippen LogP contribution in [0.15, 0.2) is 35.9 Å². The largest absolute Gasteiger partial charge is 0.498 e. The summed E-state index contributed by atoms with van der Waals surface area (Å²) in [5.41, 5.74) is 8.01. The summed E-state index contributed by atoms with van der Waals surface area (Å²) in [5, 5.41) is 6.68. The van der Waals surface area contributed by atoms with E-state index >= 15 is 4.39 Å². The first-order chi connectivity index (χ1) is 14.8. The summed E-state index contributed by atoms with van der Waals surface area (Å²) in [6.45, 7) is 8.77. The van der Waals surface area contributed by atoms with Crippen molar-refractivity contribution < 1.29 is 18.6 Å². The third-order valence-corrected chi connectivity index (χ3v) is 6.62. The molecule has 2 fully saturated rings. The van der Waals surface area contributed by atoms with Crippen molar-refractivity contribution in [2.45, 2.75) is 63.6 Å². The van der Waals surface area contributed by atoms with Gasteiger partial charge in [-0.05, 0) is 51.8 Å². The van der Waals surface area contributed by atoms with Gasteiger partial charge in [0.05, 0.1) is 12.6 Å². The zero-order valence-electron chi connectivity index (χ0n) is 18.7. The van der Waals surface area contributed by atoms with Crippen molar-refractivity contribution in [1.29, 1.82) is 0 Å². The predicted octanol–water partition coefficient (Wildman–Crippen LogP) is 3.96. The molecule has 3 aliphatic rings. The lowest BCUT2D eigenvalue weighted by atomic mass is 9.79. The van der Waals surface area contributed by atoms with E-state index in [1.807, 2.05) is 13.0 Å². The quantitative estimate of drug-likeness (QED) is 0.578. The standard InChI is InChI=1S/C24H34FN3O3/c1-14(2)28-17-5-6-20(23(25)15(17)3)31-19-7-10-27-18-12-22(21(29-4)11-16(18)19)30-13-24(26)8-9-24/h5-6,16,18-19,27-28H,1,7-13,26H2,2-4H3/t16-,18+,19+/m1/s1. The van der Waals surface area contributed by atoms with Gasteiger partial charge in [-0.15, -0.1) is 0 Å². The number of nitrogens with two attached hydrogens (primary N) is 1. The molecular formula is C24H34FN3O3. The van der Waals surface area contributed by atoms with E-state index in [4.69, 9.17) is 19.9 Å². The zero-order valence-corrected chi connectivity index (χ0v) is 18.7. The molecule has 1 aliphatic heterocycles. The smallest absolute Gasteiger partial charge is 0.170 e. The zero-order chi connectivity index (χ0) is 22.2. The van der Waals surface area contributed by atoms with Crippen LogP contribution in [-0.4, -0.2) is 37.9 Å². The van der Waals surface area contributed by atoms with Crippen molar-refractivity contribution in [3.8, 4) is 5.75 Å². The van der Waals surface area contributed by atoms with Crippen molar-refractivity contribution in [2.24, 2.45) is 11.7 Å². The van der Waals surface area contributed by atoms with Crippen LogP contribution in [0.1, 0.15) is 44.6 Å². The van der Waals surface area contributed by atoms with Gasteiger partial charge in [0.2, 0.25) is 0 Å². The van der Waals surface area contributed by atoms with E-state index in [1.54, 1.807) is 20.1 Å². The maximum atomic E-state index is 15.0. The minimum absolute atomic E-state index is 0.101. The molecule has 0 spiro atoms. The fourth-order valence-electron chi connectivity index (χ4n) is 4.47. The number of methoxy groups -OCH3 is 1. The first kappa shape index (κ1) is 22.0. The molecule has 1 heterocycles. The molecule has 1 saturated heterocycles. The van der Waals surface area contributed by atoms with Gasteiger partial charge in [-0.3, -0.25) is 0 Å². The number of benzene rings is 1. The molecule has 0 amide bonds. The van der Waals surface area contributed by atoms with Gasteiger partial charge in [-0.2, -0.15) is 0 Å². The minimum atomic E-state index is -0.332. The molecule has 7 heteroatoms. The summed E-state index contributed by atoms with van der Waals surface area (Å²) >= 11 is 0. The van der Waals surface area contributed by atoms with E-state index in [9.17, 15) is 0 Å². The van der Waals surface area contributed by atoms with Crippen LogP contribution in [0, 0.1) is 18.7 Å². The van der Waals surface area contributed by atoms with Crippen molar-refractivity contribution in [3.63, 3.8) is 0 Å². The Bertz CT molecular complexity index is 881.